The van der Waals surface area contributed by atoms with Crippen molar-refractivity contribution in [2.24, 2.45) is 7.05 Å². The third kappa shape index (κ3) is 4.57. The molecular weight excluding hydrogens is 462 g/mol. The number of hydrogen-bond donors (Lipinski definition) is 0. The first kappa shape index (κ1) is 22.5. The molecule has 0 radical (unpaired) electrons. The Morgan fingerprint density at radius 1 is 1.19 bits per heavy atom. The Labute approximate surface area is 200 Å². The molecule has 4 rings (SSSR count). The molecule has 4 aromatic rings. The molecule has 0 saturated heterocycles. The Kier molecular flexibility index (Phi) is 6.64. The second-order valence-corrected chi connectivity index (χ2v) is 9.59. The van der Waals surface area contributed by atoms with Crippen LogP contribution in [0.25, 0.3) is 11.4 Å². The maximum absolute atomic E-state index is 12.4. The lowest BCUT2D eigenvalue weighted by Gasteiger charge is -2.20. The molecule has 0 spiro atoms. The number of carbonyl (C=O) groups is 1. The smallest absolute Gasteiger partial charge is 0.230 e. The summed E-state index contributed by atoms with van der Waals surface area (Å²) in [6.07, 6.45) is 0. The summed E-state index contributed by atoms with van der Waals surface area (Å²) in [6, 6.07) is 13.6. The number of carbonyl (C=O) groups excluding carboxylic acids is 1. The molecule has 1 amide bonds. The number of aryl methyl sites for hydroxylation is 2. The second kappa shape index (κ2) is 9.44. The standard InChI is InChI=1S/C23H22ClN5OS2/c1-14-9-10-20(15(2)11-14)29(16(3)30)22-25-17(12-31-22)13-32-23-27-26-21(28(23)4)18-7-5-6-8-19(18)24/h5-12H,13H2,1-4H3. The minimum atomic E-state index is -0.0665. The summed E-state index contributed by atoms with van der Waals surface area (Å²) in [7, 11) is 1.92. The number of halogens is 1. The van der Waals surface area contributed by atoms with E-state index in [1.807, 2.05) is 67.2 Å². The van der Waals surface area contributed by atoms with Gasteiger partial charge >= 0.3 is 0 Å². The number of anilines is 2. The molecule has 0 aliphatic heterocycles. The van der Waals surface area contributed by atoms with E-state index in [1.165, 1.54) is 11.3 Å². The van der Waals surface area contributed by atoms with E-state index < -0.39 is 0 Å². The molecule has 32 heavy (non-hydrogen) atoms. The summed E-state index contributed by atoms with van der Waals surface area (Å²) in [5, 5.41) is 12.7. The second-order valence-electron chi connectivity index (χ2n) is 7.40. The quantitative estimate of drug-likeness (QED) is 0.306. The zero-order valence-electron chi connectivity index (χ0n) is 18.2. The molecular formula is C23H22ClN5OS2. The molecule has 0 N–H and O–H groups in total. The fourth-order valence-electron chi connectivity index (χ4n) is 3.39. The first-order valence-electron chi connectivity index (χ1n) is 9.94. The van der Waals surface area contributed by atoms with Gasteiger partial charge in [-0.25, -0.2) is 4.98 Å². The van der Waals surface area contributed by atoms with Gasteiger partial charge in [0.1, 0.15) is 0 Å². The Bertz CT molecular complexity index is 1280. The predicted molar refractivity (Wildman–Crippen MR) is 132 cm³/mol. The van der Waals surface area contributed by atoms with E-state index in [0.717, 1.165) is 39.1 Å². The van der Waals surface area contributed by atoms with Gasteiger partial charge in [-0.1, -0.05) is 53.2 Å². The van der Waals surface area contributed by atoms with E-state index in [4.69, 9.17) is 16.6 Å². The summed E-state index contributed by atoms with van der Waals surface area (Å²) < 4.78 is 1.93. The van der Waals surface area contributed by atoms with Gasteiger partial charge in [-0.3, -0.25) is 9.69 Å². The maximum atomic E-state index is 12.4. The van der Waals surface area contributed by atoms with Crippen molar-refractivity contribution in [1.29, 1.82) is 0 Å². The van der Waals surface area contributed by atoms with Crippen LogP contribution < -0.4 is 4.90 Å². The van der Waals surface area contributed by atoms with Crippen LogP contribution >= 0.6 is 34.7 Å². The normalized spacial score (nSPS) is 11.0. The van der Waals surface area contributed by atoms with Crippen LogP contribution in [0.1, 0.15) is 23.7 Å². The molecule has 0 unspecified atom stereocenters. The number of thiazole rings is 1. The lowest BCUT2D eigenvalue weighted by molar-refractivity contribution is -0.115. The lowest BCUT2D eigenvalue weighted by atomic mass is 10.1. The fourth-order valence-corrected chi connectivity index (χ4v) is 5.39. The van der Waals surface area contributed by atoms with E-state index in [9.17, 15) is 4.79 Å². The Morgan fingerprint density at radius 2 is 1.97 bits per heavy atom. The van der Waals surface area contributed by atoms with Gasteiger partial charge in [0, 0.05) is 30.7 Å². The highest BCUT2D eigenvalue weighted by atomic mass is 35.5. The van der Waals surface area contributed by atoms with Crippen LogP contribution in [0, 0.1) is 13.8 Å². The highest BCUT2D eigenvalue weighted by Gasteiger charge is 2.20. The maximum Gasteiger partial charge on any atom is 0.230 e. The Morgan fingerprint density at radius 3 is 2.69 bits per heavy atom. The number of rotatable bonds is 6. The predicted octanol–water partition coefficient (Wildman–Crippen LogP) is 6.19. The monoisotopic (exact) mass is 483 g/mol. The van der Waals surface area contributed by atoms with Crippen molar-refractivity contribution in [3.8, 4) is 11.4 Å². The van der Waals surface area contributed by atoms with E-state index in [1.54, 1.807) is 23.6 Å². The molecule has 0 bridgehead atoms. The van der Waals surface area contributed by atoms with Crippen molar-refractivity contribution >= 4 is 51.4 Å². The molecule has 0 aliphatic rings. The summed E-state index contributed by atoms with van der Waals surface area (Å²) in [5.41, 5.74) is 4.78. The van der Waals surface area contributed by atoms with Crippen molar-refractivity contribution in [3.63, 3.8) is 0 Å². The van der Waals surface area contributed by atoms with Gasteiger partial charge in [0.25, 0.3) is 0 Å². The number of benzene rings is 2. The van der Waals surface area contributed by atoms with E-state index in [-0.39, 0.29) is 5.91 Å². The molecule has 0 atom stereocenters. The number of nitrogens with zero attached hydrogens (tertiary/aromatic N) is 5. The van der Waals surface area contributed by atoms with Crippen LogP contribution in [0.5, 0.6) is 0 Å². The number of aromatic nitrogens is 4. The van der Waals surface area contributed by atoms with E-state index in [2.05, 4.69) is 16.3 Å². The zero-order valence-corrected chi connectivity index (χ0v) is 20.6. The third-order valence-corrected chi connectivity index (χ3v) is 7.20. The van der Waals surface area contributed by atoms with Crippen molar-refractivity contribution in [1.82, 2.24) is 19.7 Å². The molecule has 0 fully saturated rings. The average molecular weight is 484 g/mol. The average Bonchev–Trinajstić information content (AvgIpc) is 3.35. The summed E-state index contributed by atoms with van der Waals surface area (Å²) in [4.78, 5) is 18.8. The topological polar surface area (TPSA) is 63.9 Å². The van der Waals surface area contributed by atoms with Crippen LogP contribution in [0.4, 0.5) is 10.8 Å². The first-order chi connectivity index (χ1) is 15.3. The van der Waals surface area contributed by atoms with Gasteiger partial charge in [0.15, 0.2) is 16.1 Å². The highest BCUT2D eigenvalue weighted by Crippen LogP contribution is 2.34. The van der Waals surface area contributed by atoms with Gasteiger partial charge in [0.2, 0.25) is 5.91 Å². The zero-order chi connectivity index (χ0) is 22.8. The number of amides is 1. The minimum absolute atomic E-state index is 0.0665. The van der Waals surface area contributed by atoms with Crippen molar-refractivity contribution < 1.29 is 4.79 Å². The number of hydrogen-bond acceptors (Lipinski definition) is 6. The minimum Gasteiger partial charge on any atom is -0.305 e. The van der Waals surface area contributed by atoms with E-state index in [0.29, 0.717) is 15.9 Å². The van der Waals surface area contributed by atoms with Crippen LogP contribution in [-0.4, -0.2) is 25.7 Å². The van der Waals surface area contributed by atoms with Crippen LogP contribution in [0.2, 0.25) is 5.02 Å². The van der Waals surface area contributed by atoms with Crippen LogP contribution in [0.15, 0.2) is 53.0 Å². The molecule has 164 valence electrons. The third-order valence-electron chi connectivity index (χ3n) is 4.94. The van der Waals surface area contributed by atoms with Gasteiger partial charge < -0.3 is 4.57 Å². The van der Waals surface area contributed by atoms with Gasteiger partial charge in [-0.15, -0.1) is 21.5 Å². The van der Waals surface area contributed by atoms with Crippen molar-refractivity contribution in [2.45, 2.75) is 31.7 Å². The summed E-state index contributed by atoms with van der Waals surface area (Å²) >= 11 is 9.31. The summed E-state index contributed by atoms with van der Waals surface area (Å²) in [6.45, 7) is 5.61. The van der Waals surface area contributed by atoms with Crippen LogP contribution in [0.3, 0.4) is 0 Å². The van der Waals surface area contributed by atoms with Gasteiger partial charge in [-0.2, -0.15) is 0 Å². The van der Waals surface area contributed by atoms with Crippen molar-refractivity contribution in [3.05, 3.63) is 69.7 Å². The van der Waals surface area contributed by atoms with Crippen LogP contribution in [-0.2, 0) is 17.6 Å². The molecule has 6 nitrogen and oxygen atoms in total. The molecule has 2 aromatic carbocycles. The van der Waals surface area contributed by atoms with Gasteiger partial charge in [0.05, 0.1) is 16.4 Å². The summed E-state index contributed by atoms with van der Waals surface area (Å²) in [5.74, 6) is 1.27. The first-order valence-corrected chi connectivity index (χ1v) is 12.2. The SMILES string of the molecule is CC(=O)N(c1nc(CSc2nnc(-c3ccccc3Cl)n2C)cs1)c1ccc(C)cc1C. The van der Waals surface area contributed by atoms with Gasteiger partial charge in [-0.05, 0) is 37.6 Å². The highest BCUT2D eigenvalue weighted by molar-refractivity contribution is 7.98. The molecule has 2 aromatic heterocycles. The Hall–Kier alpha value is -2.68. The largest absolute Gasteiger partial charge is 0.305 e. The molecule has 0 saturated carbocycles. The van der Waals surface area contributed by atoms with Crippen molar-refractivity contribution in [2.75, 3.05) is 4.90 Å². The molecule has 9 heteroatoms. The number of thioether (sulfide) groups is 1. The molecule has 0 aliphatic carbocycles. The molecule has 2 heterocycles. The van der Waals surface area contributed by atoms with E-state index >= 15 is 0 Å². The fraction of sp³-hybridized carbons (Fsp3) is 0.217. The lowest BCUT2D eigenvalue weighted by Crippen LogP contribution is -2.23. The Balaban J connectivity index is 1.52.